The molecule has 0 saturated carbocycles. The highest BCUT2D eigenvalue weighted by atomic mass is 16.5. The van der Waals surface area contributed by atoms with Gasteiger partial charge in [0.05, 0.1) is 6.61 Å². The Labute approximate surface area is 129 Å². The summed E-state index contributed by atoms with van der Waals surface area (Å²) in [5.74, 6) is -0.0656. The molecule has 0 aliphatic rings. The topological polar surface area (TPSA) is 52.6 Å². The second-order valence-electron chi connectivity index (χ2n) is 4.78. The van der Waals surface area contributed by atoms with Crippen LogP contribution in [0.1, 0.15) is 39.6 Å². The molecule has 22 heavy (non-hydrogen) atoms. The van der Waals surface area contributed by atoms with E-state index in [1.807, 2.05) is 37.3 Å². The normalized spacial score (nSPS) is 10.0. The van der Waals surface area contributed by atoms with Crippen LogP contribution in [-0.2, 0) is 11.3 Å². The van der Waals surface area contributed by atoms with Crippen LogP contribution >= 0.6 is 0 Å². The molecule has 0 heterocycles. The average molecular weight is 298 g/mol. The van der Waals surface area contributed by atoms with E-state index in [1.54, 1.807) is 12.1 Å². The first kappa shape index (κ1) is 15.8. The Morgan fingerprint density at radius 1 is 1.14 bits per heavy atom. The maximum Gasteiger partial charge on any atom is 0.342 e. The van der Waals surface area contributed by atoms with Gasteiger partial charge in [0, 0.05) is 5.56 Å². The van der Waals surface area contributed by atoms with Crippen LogP contribution in [0.2, 0.25) is 0 Å². The highest BCUT2D eigenvalue weighted by Gasteiger charge is 2.15. The van der Waals surface area contributed by atoms with E-state index < -0.39 is 5.97 Å². The third-order valence-electron chi connectivity index (χ3n) is 3.03. The molecule has 0 aromatic heterocycles. The standard InChI is InChI=1S/C18H18O4/c1-2-10-21-17-9-8-15(12-19)11-16(17)18(20)22-13-14-6-4-3-5-7-14/h3-9,11-12H,2,10,13H2,1H3. The van der Waals surface area contributed by atoms with Gasteiger partial charge in [-0.05, 0) is 30.2 Å². The Morgan fingerprint density at radius 3 is 2.59 bits per heavy atom. The van der Waals surface area contributed by atoms with Crippen LogP contribution in [0.5, 0.6) is 5.75 Å². The van der Waals surface area contributed by atoms with Gasteiger partial charge >= 0.3 is 5.97 Å². The molecule has 2 rings (SSSR count). The van der Waals surface area contributed by atoms with Crippen molar-refractivity contribution in [2.75, 3.05) is 6.61 Å². The van der Waals surface area contributed by atoms with E-state index in [2.05, 4.69) is 0 Å². The lowest BCUT2D eigenvalue weighted by atomic mass is 10.1. The van der Waals surface area contributed by atoms with Crippen molar-refractivity contribution in [2.45, 2.75) is 20.0 Å². The fourth-order valence-electron chi connectivity index (χ4n) is 1.92. The molecule has 0 bridgehead atoms. The Morgan fingerprint density at radius 2 is 1.91 bits per heavy atom. The number of aldehydes is 1. The van der Waals surface area contributed by atoms with Crippen LogP contribution in [0.4, 0.5) is 0 Å². The van der Waals surface area contributed by atoms with Gasteiger partial charge in [-0.25, -0.2) is 4.79 Å². The van der Waals surface area contributed by atoms with Crippen LogP contribution in [0.3, 0.4) is 0 Å². The lowest BCUT2D eigenvalue weighted by molar-refractivity contribution is 0.0468. The number of carbonyl (C=O) groups excluding carboxylic acids is 2. The third kappa shape index (κ3) is 4.19. The SMILES string of the molecule is CCCOc1ccc(C=O)cc1C(=O)OCc1ccccc1. The number of benzene rings is 2. The first-order valence-electron chi connectivity index (χ1n) is 7.17. The number of carbonyl (C=O) groups is 2. The number of rotatable bonds is 7. The van der Waals surface area contributed by atoms with Crippen LogP contribution < -0.4 is 4.74 Å². The minimum absolute atomic E-state index is 0.179. The Hall–Kier alpha value is -2.62. The summed E-state index contributed by atoms with van der Waals surface area (Å²) in [7, 11) is 0. The predicted molar refractivity (Wildman–Crippen MR) is 83.2 cm³/mol. The fourth-order valence-corrected chi connectivity index (χ4v) is 1.92. The van der Waals surface area contributed by atoms with E-state index in [1.165, 1.54) is 6.07 Å². The maximum atomic E-state index is 12.3. The van der Waals surface area contributed by atoms with Crippen molar-refractivity contribution < 1.29 is 19.1 Å². The van der Waals surface area contributed by atoms with Crippen molar-refractivity contribution in [3.63, 3.8) is 0 Å². The van der Waals surface area contributed by atoms with E-state index in [-0.39, 0.29) is 12.2 Å². The Kier molecular flexibility index (Phi) is 5.72. The summed E-state index contributed by atoms with van der Waals surface area (Å²) < 4.78 is 10.8. The molecule has 0 fully saturated rings. The minimum atomic E-state index is -0.501. The molecule has 2 aromatic carbocycles. The third-order valence-corrected chi connectivity index (χ3v) is 3.03. The Balaban J connectivity index is 2.13. The number of ether oxygens (including phenoxy) is 2. The highest BCUT2D eigenvalue weighted by Crippen LogP contribution is 2.21. The van der Waals surface area contributed by atoms with Gasteiger partial charge in [0.1, 0.15) is 24.2 Å². The molecule has 2 aromatic rings. The zero-order chi connectivity index (χ0) is 15.8. The van der Waals surface area contributed by atoms with Crippen molar-refractivity contribution in [1.29, 1.82) is 0 Å². The number of hydrogen-bond donors (Lipinski definition) is 0. The molecule has 0 N–H and O–H groups in total. The number of hydrogen-bond acceptors (Lipinski definition) is 4. The van der Waals surface area contributed by atoms with Crippen LogP contribution in [-0.4, -0.2) is 18.9 Å². The number of esters is 1. The van der Waals surface area contributed by atoms with Gasteiger partial charge in [0.15, 0.2) is 0 Å². The molecular weight excluding hydrogens is 280 g/mol. The zero-order valence-corrected chi connectivity index (χ0v) is 12.5. The molecule has 0 unspecified atom stereocenters. The van der Waals surface area contributed by atoms with Gasteiger partial charge < -0.3 is 9.47 Å². The molecule has 0 saturated heterocycles. The lowest BCUT2D eigenvalue weighted by Crippen LogP contribution is -2.09. The smallest absolute Gasteiger partial charge is 0.342 e. The molecule has 0 aliphatic carbocycles. The molecule has 0 atom stereocenters. The van der Waals surface area contributed by atoms with E-state index in [9.17, 15) is 9.59 Å². The molecule has 0 aliphatic heterocycles. The van der Waals surface area contributed by atoms with Crippen LogP contribution in [0, 0.1) is 0 Å². The van der Waals surface area contributed by atoms with Gasteiger partial charge in [-0.1, -0.05) is 37.3 Å². The molecular formula is C18H18O4. The summed E-state index contributed by atoms with van der Waals surface area (Å²) in [6.45, 7) is 2.66. The first-order valence-corrected chi connectivity index (χ1v) is 7.17. The summed E-state index contributed by atoms with van der Waals surface area (Å²) in [6.07, 6.45) is 1.52. The van der Waals surface area contributed by atoms with Gasteiger partial charge in [0.25, 0.3) is 0 Å². The van der Waals surface area contributed by atoms with Crippen molar-refractivity contribution in [3.8, 4) is 5.75 Å². The fraction of sp³-hybridized carbons (Fsp3) is 0.222. The second kappa shape index (κ2) is 7.98. The van der Waals surface area contributed by atoms with Crippen LogP contribution in [0.15, 0.2) is 48.5 Å². The summed E-state index contributed by atoms with van der Waals surface area (Å²) in [5, 5.41) is 0. The highest BCUT2D eigenvalue weighted by molar-refractivity contribution is 5.94. The summed E-state index contributed by atoms with van der Waals surface area (Å²) in [4.78, 5) is 23.1. The predicted octanol–water partition coefficient (Wildman–Crippen LogP) is 3.64. The monoisotopic (exact) mass is 298 g/mol. The molecule has 0 spiro atoms. The van der Waals surface area contributed by atoms with Gasteiger partial charge in [-0.3, -0.25) is 4.79 Å². The minimum Gasteiger partial charge on any atom is -0.493 e. The van der Waals surface area contributed by atoms with Crippen molar-refractivity contribution in [2.24, 2.45) is 0 Å². The van der Waals surface area contributed by atoms with Gasteiger partial charge in [0.2, 0.25) is 0 Å². The van der Waals surface area contributed by atoms with E-state index >= 15 is 0 Å². The van der Waals surface area contributed by atoms with Crippen molar-refractivity contribution >= 4 is 12.3 Å². The maximum absolute atomic E-state index is 12.3. The average Bonchev–Trinajstić information content (AvgIpc) is 2.58. The lowest BCUT2D eigenvalue weighted by Gasteiger charge is -2.11. The Bertz CT molecular complexity index is 635. The van der Waals surface area contributed by atoms with E-state index in [0.29, 0.717) is 24.2 Å². The van der Waals surface area contributed by atoms with Crippen molar-refractivity contribution in [1.82, 2.24) is 0 Å². The zero-order valence-electron chi connectivity index (χ0n) is 12.5. The van der Waals surface area contributed by atoms with Gasteiger partial charge in [-0.15, -0.1) is 0 Å². The first-order chi connectivity index (χ1) is 10.7. The summed E-state index contributed by atoms with van der Waals surface area (Å²) in [5.41, 5.74) is 1.59. The van der Waals surface area contributed by atoms with E-state index in [4.69, 9.17) is 9.47 Å². The van der Waals surface area contributed by atoms with E-state index in [0.717, 1.165) is 12.0 Å². The quantitative estimate of drug-likeness (QED) is 0.578. The largest absolute Gasteiger partial charge is 0.493 e. The molecule has 0 amide bonds. The molecule has 0 radical (unpaired) electrons. The van der Waals surface area contributed by atoms with Crippen LogP contribution in [0.25, 0.3) is 0 Å². The molecule has 4 heteroatoms. The molecule has 4 nitrogen and oxygen atoms in total. The second-order valence-corrected chi connectivity index (χ2v) is 4.78. The summed E-state index contributed by atoms with van der Waals surface area (Å²) in [6, 6.07) is 14.1. The molecule has 114 valence electrons. The van der Waals surface area contributed by atoms with Gasteiger partial charge in [-0.2, -0.15) is 0 Å². The summed E-state index contributed by atoms with van der Waals surface area (Å²) >= 11 is 0. The van der Waals surface area contributed by atoms with Crippen molar-refractivity contribution in [3.05, 3.63) is 65.2 Å².